The predicted molar refractivity (Wildman–Crippen MR) is 108 cm³/mol. The van der Waals surface area contributed by atoms with E-state index in [1.54, 1.807) is 6.07 Å². The van der Waals surface area contributed by atoms with Gasteiger partial charge in [0.25, 0.3) is 0 Å². The van der Waals surface area contributed by atoms with Crippen LogP contribution in [0.15, 0.2) is 30.3 Å². The molecule has 0 aliphatic carbocycles. The smallest absolute Gasteiger partial charge is 0.227 e. The number of benzene rings is 1. The van der Waals surface area contributed by atoms with Crippen molar-refractivity contribution >= 4 is 17.5 Å². The molecule has 3 heterocycles. The fraction of sp³-hybridized carbons (Fsp3) is 0.524. The molecule has 2 aliphatic heterocycles. The first-order valence-corrected chi connectivity index (χ1v) is 10.1. The zero-order valence-electron chi connectivity index (χ0n) is 16.1. The summed E-state index contributed by atoms with van der Waals surface area (Å²) in [6.45, 7) is 7.36. The third-order valence-corrected chi connectivity index (χ3v) is 5.51. The van der Waals surface area contributed by atoms with Gasteiger partial charge in [0, 0.05) is 51.0 Å². The molecule has 1 aromatic carbocycles. The Morgan fingerprint density at radius 3 is 2.15 bits per heavy atom. The molecule has 2 saturated heterocycles. The highest BCUT2D eigenvalue weighted by atomic mass is 19.1. The molecule has 0 saturated carbocycles. The molecule has 5 nitrogen and oxygen atoms in total. The minimum Gasteiger partial charge on any atom is -0.366 e. The van der Waals surface area contributed by atoms with Gasteiger partial charge in [0.05, 0.1) is 5.69 Å². The van der Waals surface area contributed by atoms with Crippen LogP contribution in [-0.2, 0) is 0 Å². The zero-order valence-corrected chi connectivity index (χ0v) is 16.1. The number of anilines is 3. The largest absolute Gasteiger partial charge is 0.366 e. The van der Waals surface area contributed by atoms with Gasteiger partial charge in [0.1, 0.15) is 11.6 Å². The van der Waals surface area contributed by atoms with Gasteiger partial charge in [-0.25, -0.2) is 9.37 Å². The molecule has 0 N–H and O–H groups in total. The second-order valence-electron chi connectivity index (χ2n) is 7.49. The molecule has 2 aromatic rings. The Morgan fingerprint density at radius 2 is 1.44 bits per heavy atom. The van der Waals surface area contributed by atoms with Gasteiger partial charge in [-0.1, -0.05) is 25.0 Å². The predicted octanol–water partition coefficient (Wildman–Crippen LogP) is 3.63. The van der Waals surface area contributed by atoms with Crippen molar-refractivity contribution in [3.05, 3.63) is 41.8 Å². The Bertz CT molecular complexity index is 765. The van der Waals surface area contributed by atoms with Gasteiger partial charge in [0.2, 0.25) is 5.95 Å². The molecule has 1 aromatic heterocycles. The van der Waals surface area contributed by atoms with E-state index in [9.17, 15) is 4.39 Å². The summed E-state index contributed by atoms with van der Waals surface area (Å²) in [5.74, 6) is 1.71. The van der Waals surface area contributed by atoms with E-state index in [2.05, 4.69) is 25.8 Å². The lowest BCUT2D eigenvalue weighted by atomic mass is 10.2. The van der Waals surface area contributed by atoms with Crippen LogP contribution in [0.5, 0.6) is 0 Å². The SMILES string of the molecule is Cc1cc(N2CCCCCC2)nc(N2CCN(c3ccccc3F)CC2)n1. The number of piperazine rings is 1. The molecule has 0 spiro atoms. The molecular weight excluding hydrogens is 341 g/mol. The molecule has 144 valence electrons. The summed E-state index contributed by atoms with van der Waals surface area (Å²) in [5, 5.41) is 0. The summed E-state index contributed by atoms with van der Waals surface area (Å²) in [7, 11) is 0. The van der Waals surface area contributed by atoms with E-state index in [1.807, 2.05) is 19.1 Å². The van der Waals surface area contributed by atoms with E-state index in [0.29, 0.717) is 5.69 Å². The van der Waals surface area contributed by atoms with E-state index in [1.165, 1.54) is 31.7 Å². The lowest BCUT2D eigenvalue weighted by Gasteiger charge is -2.36. The number of rotatable bonds is 3. The van der Waals surface area contributed by atoms with Crippen molar-refractivity contribution in [3.63, 3.8) is 0 Å². The number of aromatic nitrogens is 2. The lowest BCUT2D eigenvalue weighted by molar-refractivity contribution is 0.593. The van der Waals surface area contributed by atoms with Crippen LogP contribution in [0.3, 0.4) is 0 Å². The molecule has 0 amide bonds. The Balaban J connectivity index is 1.47. The van der Waals surface area contributed by atoms with Crippen molar-refractivity contribution in [1.82, 2.24) is 9.97 Å². The average molecular weight is 369 g/mol. The van der Waals surface area contributed by atoms with Gasteiger partial charge >= 0.3 is 0 Å². The van der Waals surface area contributed by atoms with Gasteiger partial charge in [-0.15, -0.1) is 0 Å². The van der Waals surface area contributed by atoms with Crippen molar-refractivity contribution in [1.29, 1.82) is 0 Å². The first kappa shape index (κ1) is 18.0. The number of hydrogen-bond donors (Lipinski definition) is 0. The second kappa shape index (κ2) is 8.11. The van der Waals surface area contributed by atoms with Crippen molar-refractivity contribution in [2.45, 2.75) is 32.6 Å². The highest BCUT2D eigenvalue weighted by molar-refractivity contribution is 5.51. The minimum absolute atomic E-state index is 0.152. The molecule has 2 aliphatic rings. The van der Waals surface area contributed by atoms with Gasteiger partial charge in [-0.05, 0) is 31.9 Å². The van der Waals surface area contributed by atoms with Gasteiger partial charge < -0.3 is 14.7 Å². The molecular formula is C21H28FN5. The van der Waals surface area contributed by atoms with E-state index in [0.717, 1.165) is 56.7 Å². The van der Waals surface area contributed by atoms with Crippen molar-refractivity contribution in [2.75, 3.05) is 54.0 Å². The average Bonchev–Trinajstić information content (AvgIpc) is 2.98. The topological polar surface area (TPSA) is 35.5 Å². The van der Waals surface area contributed by atoms with Crippen molar-refractivity contribution < 1.29 is 4.39 Å². The zero-order chi connectivity index (χ0) is 18.6. The molecule has 6 heteroatoms. The lowest BCUT2D eigenvalue weighted by Crippen LogP contribution is -2.47. The fourth-order valence-electron chi connectivity index (χ4n) is 4.00. The highest BCUT2D eigenvalue weighted by Gasteiger charge is 2.22. The van der Waals surface area contributed by atoms with Gasteiger partial charge in [-0.2, -0.15) is 4.98 Å². The number of hydrogen-bond acceptors (Lipinski definition) is 5. The summed E-state index contributed by atoms with van der Waals surface area (Å²) in [4.78, 5) is 16.3. The molecule has 4 rings (SSSR count). The van der Waals surface area contributed by atoms with Crippen LogP contribution in [0.25, 0.3) is 0 Å². The summed E-state index contributed by atoms with van der Waals surface area (Å²) < 4.78 is 14.1. The van der Waals surface area contributed by atoms with E-state index >= 15 is 0 Å². The first-order valence-electron chi connectivity index (χ1n) is 10.1. The third-order valence-electron chi connectivity index (χ3n) is 5.51. The van der Waals surface area contributed by atoms with E-state index in [4.69, 9.17) is 4.98 Å². The van der Waals surface area contributed by atoms with Crippen LogP contribution in [0.1, 0.15) is 31.4 Å². The Labute approximate surface area is 160 Å². The maximum atomic E-state index is 14.1. The summed E-state index contributed by atoms with van der Waals surface area (Å²) in [5.41, 5.74) is 1.70. The highest BCUT2D eigenvalue weighted by Crippen LogP contribution is 2.24. The molecule has 2 fully saturated rings. The number of nitrogens with zero attached hydrogens (tertiary/aromatic N) is 5. The molecule has 0 atom stereocenters. The summed E-state index contributed by atoms with van der Waals surface area (Å²) in [6, 6.07) is 9.11. The van der Waals surface area contributed by atoms with Crippen LogP contribution < -0.4 is 14.7 Å². The Morgan fingerprint density at radius 1 is 0.778 bits per heavy atom. The number of halogens is 1. The first-order chi connectivity index (χ1) is 13.2. The monoisotopic (exact) mass is 369 g/mol. The molecule has 0 bridgehead atoms. The Hall–Kier alpha value is -2.37. The van der Waals surface area contributed by atoms with Crippen LogP contribution in [0, 0.1) is 12.7 Å². The maximum absolute atomic E-state index is 14.1. The van der Waals surface area contributed by atoms with E-state index < -0.39 is 0 Å². The normalized spacial score (nSPS) is 18.5. The molecule has 0 radical (unpaired) electrons. The summed E-state index contributed by atoms with van der Waals surface area (Å²) >= 11 is 0. The van der Waals surface area contributed by atoms with Crippen LogP contribution >= 0.6 is 0 Å². The van der Waals surface area contributed by atoms with Crippen LogP contribution in [0.4, 0.5) is 21.8 Å². The van der Waals surface area contributed by atoms with E-state index in [-0.39, 0.29) is 5.82 Å². The third kappa shape index (κ3) is 4.15. The maximum Gasteiger partial charge on any atom is 0.227 e. The number of para-hydroxylation sites is 1. The van der Waals surface area contributed by atoms with Crippen molar-refractivity contribution in [2.24, 2.45) is 0 Å². The van der Waals surface area contributed by atoms with Crippen LogP contribution in [-0.4, -0.2) is 49.2 Å². The van der Waals surface area contributed by atoms with Crippen molar-refractivity contribution in [3.8, 4) is 0 Å². The quantitative estimate of drug-likeness (QED) is 0.826. The van der Waals surface area contributed by atoms with Crippen LogP contribution in [0.2, 0.25) is 0 Å². The standard InChI is InChI=1S/C21H28FN5/c1-17-16-20(26-10-6-2-3-7-11-26)24-21(23-17)27-14-12-25(13-15-27)19-9-5-4-8-18(19)22/h4-5,8-9,16H,2-3,6-7,10-15H2,1H3. The van der Waals surface area contributed by atoms with Gasteiger partial charge in [0.15, 0.2) is 0 Å². The Kier molecular flexibility index (Phi) is 5.41. The summed E-state index contributed by atoms with van der Waals surface area (Å²) in [6.07, 6.45) is 5.09. The molecule has 27 heavy (non-hydrogen) atoms. The molecule has 0 unspecified atom stereocenters. The number of aryl methyl sites for hydroxylation is 1. The second-order valence-corrected chi connectivity index (χ2v) is 7.49. The van der Waals surface area contributed by atoms with Gasteiger partial charge in [-0.3, -0.25) is 0 Å². The fourth-order valence-corrected chi connectivity index (χ4v) is 4.00. The minimum atomic E-state index is -0.152.